The Morgan fingerprint density at radius 2 is 1.67 bits per heavy atom. The summed E-state index contributed by atoms with van der Waals surface area (Å²) in [5, 5.41) is 2.30. The van der Waals surface area contributed by atoms with Gasteiger partial charge in [0.05, 0.1) is 16.2 Å². The predicted molar refractivity (Wildman–Crippen MR) is 98.9 cm³/mol. The van der Waals surface area contributed by atoms with Gasteiger partial charge < -0.3 is 0 Å². The number of thiazole rings is 1. The first kappa shape index (κ1) is 19.5. The molecule has 1 aromatic heterocycles. The number of halogens is 3. The molecule has 0 saturated heterocycles. The number of hydrogen-bond acceptors (Lipinski definition) is 4. The van der Waals surface area contributed by atoms with Crippen LogP contribution in [0.15, 0.2) is 58.8 Å². The van der Waals surface area contributed by atoms with E-state index in [-0.39, 0.29) is 4.90 Å². The zero-order valence-electron chi connectivity index (χ0n) is 14.4. The molecule has 0 aliphatic carbocycles. The molecule has 0 aliphatic heterocycles. The van der Waals surface area contributed by atoms with E-state index in [1.54, 1.807) is 17.5 Å². The van der Waals surface area contributed by atoms with Crippen molar-refractivity contribution in [3.05, 3.63) is 59.5 Å². The third-order valence-corrected chi connectivity index (χ3v) is 6.57. The molecule has 4 nitrogen and oxygen atoms in total. The number of alkyl halides is 3. The van der Waals surface area contributed by atoms with Gasteiger partial charge in [0, 0.05) is 30.6 Å². The number of sulfonamides is 1. The van der Waals surface area contributed by atoms with E-state index in [2.05, 4.69) is 4.98 Å². The molecule has 0 atom stereocenters. The molecular formula is C18H15F3N2O2S2. The summed E-state index contributed by atoms with van der Waals surface area (Å²) in [7, 11) is -0.665. The number of rotatable bonds is 4. The fourth-order valence-corrected chi connectivity index (χ4v) is 4.15. The molecule has 0 N–H and O–H groups in total. The van der Waals surface area contributed by atoms with Crippen LogP contribution in [0.1, 0.15) is 5.56 Å². The van der Waals surface area contributed by atoms with Crippen LogP contribution in [-0.4, -0.2) is 31.8 Å². The molecule has 0 fully saturated rings. The Balaban J connectivity index is 1.93. The molecule has 1 heterocycles. The second-order valence-electron chi connectivity index (χ2n) is 5.93. The first-order valence-corrected chi connectivity index (χ1v) is 10.1. The topological polar surface area (TPSA) is 50.3 Å². The Morgan fingerprint density at radius 1 is 1.00 bits per heavy atom. The van der Waals surface area contributed by atoms with Gasteiger partial charge in [-0.2, -0.15) is 13.2 Å². The van der Waals surface area contributed by atoms with Crippen LogP contribution in [0.4, 0.5) is 13.2 Å². The minimum Gasteiger partial charge on any atom is -0.236 e. The molecule has 0 amide bonds. The average molecular weight is 412 g/mol. The van der Waals surface area contributed by atoms with Crippen molar-refractivity contribution in [2.75, 3.05) is 14.1 Å². The van der Waals surface area contributed by atoms with Crippen LogP contribution in [0.5, 0.6) is 0 Å². The monoisotopic (exact) mass is 412 g/mol. The van der Waals surface area contributed by atoms with Gasteiger partial charge in [-0.1, -0.05) is 24.3 Å². The molecule has 3 rings (SSSR count). The fourth-order valence-electron chi connectivity index (χ4n) is 2.37. The zero-order chi connectivity index (χ0) is 19.8. The Kier molecular flexibility index (Phi) is 5.11. The summed E-state index contributed by atoms with van der Waals surface area (Å²) in [4.78, 5) is 4.59. The van der Waals surface area contributed by atoms with Crippen molar-refractivity contribution in [1.82, 2.24) is 9.29 Å². The molecule has 0 unspecified atom stereocenters. The van der Waals surface area contributed by atoms with Gasteiger partial charge in [-0.25, -0.2) is 17.7 Å². The van der Waals surface area contributed by atoms with E-state index >= 15 is 0 Å². The van der Waals surface area contributed by atoms with E-state index < -0.39 is 21.8 Å². The van der Waals surface area contributed by atoms with Gasteiger partial charge in [0.1, 0.15) is 5.01 Å². The predicted octanol–water partition coefficient (Wildman–Crippen LogP) is 4.75. The average Bonchev–Trinajstić information content (AvgIpc) is 3.11. The summed E-state index contributed by atoms with van der Waals surface area (Å²) in [5.74, 6) is 0. The summed E-state index contributed by atoms with van der Waals surface area (Å²) in [6.45, 7) is 0. The Bertz CT molecular complexity index is 1060. The highest BCUT2D eigenvalue weighted by molar-refractivity contribution is 7.89. The lowest BCUT2D eigenvalue weighted by atomic mass is 10.1. The van der Waals surface area contributed by atoms with Crippen LogP contribution in [0.3, 0.4) is 0 Å². The first-order valence-electron chi connectivity index (χ1n) is 7.75. The van der Waals surface area contributed by atoms with Gasteiger partial charge in [0.15, 0.2) is 0 Å². The summed E-state index contributed by atoms with van der Waals surface area (Å²) >= 11 is 1.28. The maximum atomic E-state index is 12.7. The summed E-state index contributed by atoms with van der Waals surface area (Å²) in [6, 6.07) is 11.2. The summed E-state index contributed by atoms with van der Waals surface area (Å²) in [5.41, 5.74) is 1.03. The molecule has 3 aromatic rings. The van der Waals surface area contributed by atoms with Crippen molar-refractivity contribution in [2.24, 2.45) is 0 Å². The lowest BCUT2D eigenvalue weighted by Gasteiger charge is -2.11. The molecule has 27 heavy (non-hydrogen) atoms. The van der Waals surface area contributed by atoms with Gasteiger partial charge in [-0.05, 0) is 24.3 Å². The first-order chi connectivity index (χ1) is 12.6. The fraction of sp³-hybridized carbons (Fsp3) is 0.167. The van der Waals surface area contributed by atoms with Crippen LogP contribution >= 0.6 is 11.3 Å². The van der Waals surface area contributed by atoms with Gasteiger partial charge in [0.2, 0.25) is 10.0 Å². The van der Waals surface area contributed by atoms with Crippen molar-refractivity contribution < 1.29 is 21.6 Å². The lowest BCUT2D eigenvalue weighted by Crippen LogP contribution is -2.22. The highest BCUT2D eigenvalue weighted by Gasteiger charge is 2.30. The zero-order valence-corrected chi connectivity index (χ0v) is 16.0. The number of aromatic nitrogens is 1. The molecule has 0 radical (unpaired) electrons. The Labute approximate surface area is 159 Å². The van der Waals surface area contributed by atoms with E-state index in [0.29, 0.717) is 21.8 Å². The number of benzene rings is 2. The van der Waals surface area contributed by atoms with E-state index in [0.717, 1.165) is 16.4 Å². The molecule has 0 spiro atoms. The number of nitrogens with zero attached hydrogens (tertiary/aromatic N) is 2. The number of hydrogen-bond donors (Lipinski definition) is 0. The third-order valence-electron chi connectivity index (χ3n) is 3.87. The van der Waals surface area contributed by atoms with Crippen LogP contribution in [0, 0.1) is 0 Å². The van der Waals surface area contributed by atoms with Crippen LogP contribution < -0.4 is 0 Å². The van der Waals surface area contributed by atoms with Crippen LogP contribution in [-0.2, 0) is 16.2 Å². The van der Waals surface area contributed by atoms with Crippen molar-refractivity contribution in [1.29, 1.82) is 0 Å². The van der Waals surface area contributed by atoms with Crippen LogP contribution in [0.25, 0.3) is 21.8 Å². The van der Waals surface area contributed by atoms with E-state index in [1.165, 1.54) is 49.7 Å². The van der Waals surface area contributed by atoms with E-state index in [9.17, 15) is 21.6 Å². The van der Waals surface area contributed by atoms with E-state index in [1.807, 2.05) is 0 Å². The molecule has 2 aromatic carbocycles. The normalized spacial score (nSPS) is 12.5. The molecule has 0 aliphatic rings. The van der Waals surface area contributed by atoms with Crippen LogP contribution in [0.2, 0.25) is 0 Å². The minimum absolute atomic E-state index is 0.147. The quantitative estimate of drug-likeness (QED) is 0.622. The third kappa shape index (κ3) is 4.05. The van der Waals surface area contributed by atoms with Crippen molar-refractivity contribution in [3.63, 3.8) is 0 Å². The standard InChI is InChI=1S/C18H15F3N2O2S2/c1-23(2)27(24,25)15-5-3-4-13(10-15)16-11-26-17(22-16)12-6-8-14(9-7-12)18(19,20)21/h3-11H,1-2H3. The van der Waals surface area contributed by atoms with Crippen molar-refractivity contribution >= 4 is 21.4 Å². The second-order valence-corrected chi connectivity index (χ2v) is 8.94. The van der Waals surface area contributed by atoms with Gasteiger partial charge in [-0.15, -0.1) is 11.3 Å². The maximum Gasteiger partial charge on any atom is 0.416 e. The molecule has 0 saturated carbocycles. The minimum atomic E-state index is -4.38. The maximum absolute atomic E-state index is 12.7. The Morgan fingerprint density at radius 3 is 2.26 bits per heavy atom. The molecule has 9 heteroatoms. The summed E-state index contributed by atoms with van der Waals surface area (Å²) in [6.07, 6.45) is -4.38. The smallest absolute Gasteiger partial charge is 0.236 e. The molecule has 0 bridgehead atoms. The Hall–Kier alpha value is -2.23. The second kappa shape index (κ2) is 7.06. The highest BCUT2D eigenvalue weighted by atomic mass is 32.2. The molecular weight excluding hydrogens is 397 g/mol. The summed E-state index contributed by atoms with van der Waals surface area (Å²) < 4.78 is 63.7. The SMILES string of the molecule is CN(C)S(=O)(=O)c1cccc(-c2csc(-c3ccc(C(F)(F)F)cc3)n2)c1. The van der Waals surface area contributed by atoms with Gasteiger partial charge >= 0.3 is 6.18 Å². The van der Waals surface area contributed by atoms with E-state index in [4.69, 9.17) is 0 Å². The van der Waals surface area contributed by atoms with Crippen molar-refractivity contribution in [3.8, 4) is 21.8 Å². The largest absolute Gasteiger partial charge is 0.416 e. The molecule has 142 valence electrons. The lowest BCUT2D eigenvalue weighted by molar-refractivity contribution is -0.137. The highest BCUT2D eigenvalue weighted by Crippen LogP contribution is 2.33. The van der Waals surface area contributed by atoms with Crippen molar-refractivity contribution in [2.45, 2.75) is 11.1 Å². The van der Waals surface area contributed by atoms with Gasteiger partial charge in [0.25, 0.3) is 0 Å². The van der Waals surface area contributed by atoms with Gasteiger partial charge in [-0.3, -0.25) is 0 Å².